The van der Waals surface area contributed by atoms with Crippen LogP contribution in [0.4, 0.5) is 11.5 Å². The van der Waals surface area contributed by atoms with Gasteiger partial charge in [0.2, 0.25) is 0 Å². The van der Waals surface area contributed by atoms with Gasteiger partial charge in [0.05, 0.1) is 6.20 Å². The highest BCUT2D eigenvalue weighted by atomic mass is 16.3. The Morgan fingerprint density at radius 3 is 2.90 bits per heavy atom. The van der Waals surface area contributed by atoms with Crippen molar-refractivity contribution in [2.75, 3.05) is 5.73 Å². The first-order valence-electron chi connectivity index (χ1n) is 2.94. The van der Waals surface area contributed by atoms with Gasteiger partial charge in [-0.2, -0.15) is 5.10 Å². The summed E-state index contributed by atoms with van der Waals surface area (Å²) in [5.41, 5.74) is 5.51. The van der Waals surface area contributed by atoms with Crippen molar-refractivity contribution in [2.24, 2.45) is 5.18 Å². The van der Waals surface area contributed by atoms with Gasteiger partial charge < -0.3 is 5.73 Å². The van der Waals surface area contributed by atoms with Gasteiger partial charge in [0.25, 0.3) is 0 Å². The lowest BCUT2D eigenvalue weighted by Gasteiger charge is -1.88. The number of nitrogen functional groups attached to an aromatic ring is 1. The summed E-state index contributed by atoms with van der Waals surface area (Å²) in [7, 11) is 0. The lowest BCUT2D eigenvalue weighted by atomic mass is 10.5. The minimum atomic E-state index is 0.192. The molecular formula is C5H8N4O. The number of aryl methyl sites for hydroxylation is 1. The van der Waals surface area contributed by atoms with E-state index in [1.807, 2.05) is 6.92 Å². The van der Waals surface area contributed by atoms with E-state index in [1.54, 1.807) is 4.68 Å². The van der Waals surface area contributed by atoms with E-state index >= 15 is 0 Å². The maximum absolute atomic E-state index is 9.97. The average Bonchev–Trinajstić information content (AvgIpc) is 2.30. The van der Waals surface area contributed by atoms with E-state index in [1.165, 1.54) is 6.20 Å². The zero-order valence-corrected chi connectivity index (χ0v) is 5.61. The minimum Gasteiger partial charge on any atom is -0.380 e. The van der Waals surface area contributed by atoms with Gasteiger partial charge in [-0.05, 0) is 12.1 Å². The molecule has 0 bridgehead atoms. The van der Waals surface area contributed by atoms with Crippen molar-refractivity contribution in [3.8, 4) is 0 Å². The predicted molar refractivity (Wildman–Crippen MR) is 37.8 cm³/mol. The van der Waals surface area contributed by atoms with Gasteiger partial charge in [0.15, 0.2) is 11.5 Å². The minimum absolute atomic E-state index is 0.192. The summed E-state index contributed by atoms with van der Waals surface area (Å²) in [5.74, 6) is 0.192. The topological polar surface area (TPSA) is 73.3 Å². The zero-order chi connectivity index (χ0) is 7.56. The van der Waals surface area contributed by atoms with E-state index in [0.29, 0.717) is 6.54 Å². The highest BCUT2D eigenvalue weighted by Crippen LogP contribution is 2.18. The second-order valence-corrected chi connectivity index (χ2v) is 1.85. The van der Waals surface area contributed by atoms with Crippen LogP contribution in [0.25, 0.3) is 0 Å². The summed E-state index contributed by atoms with van der Waals surface area (Å²) in [6, 6.07) is 0. The van der Waals surface area contributed by atoms with E-state index in [4.69, 9.17) is 5.73 Å². The van der Waals surface area contributed by atoms with Crippen LogP contribution in [0.5, 0.6) is 0 Å². The Kier molecular flexibility index (Phi) is 1.66. The molecule has 0 amide bonds. The third-order valence-electron chi connectivity index (χ3n) is 1.19. The standard InChI is InChI=1S/C5H8N4O/c1-2-9-3-4(8-10)5(6)7-9/h3H,2H2,1H3,(H2,6,7). The Morgan fingerprint density at radius 1 is 1.90 bits per heavy atom. The smallest absolute Gasteiger partial charge is 0.175 e. The first-order valence-corrected chi connectivity index (χ1v) is 2.94. The molecule has 1 heterocycles. The molecule has 0 aliphatic carbocycles. The van der Waals surface area contributed by atoms with Crippen LogP contribution in [-0.2, 0) is 6.54 Å². The molecule has 0 saturated heterocycles. The van der Waals surface area contributed by atoms with Crippen molar-refractivity contribution in [2.45, 2.75) is 13.5 Å². The van der Waals surface area contributed by atoms with Gasteiger partial charge >= 0.3 is 0 Å². The largest absolute Gasteiger partial charge is 0.380 e. The van der Waals surface area contributed by atoms with Gasteiger partial charge in [0, 0.05) is 6.54 Å². The van der Waals surface area contributed by atoms with Crippen molar-refractivity contribution in [3.63, 3.8) is 0 Å². The highest BCUT2D eigenvalue weighted by molar-refractivity contribution is 5.55. The molecule has 1 aromatic rings. The van der Waals surface area contributed by atoms with Crippen LogP contribution in [0, 0.1) is 4.91 Å². The summed E-state index contributed by atoms with van der Waals surface area (Å²) < 4.78 is 1.56. The second kappa shape index (κ2) is 2.47. The molecule has 0 fully saturated rings. The molecule has 5 nitrogen and oxygen atoms in total. The summed E-state index contributed by atoms with van der Waals surface area (Å²) in [4.78, 5) is 9.97. The van der Waals surface area contributed by atoms with Crippen LogP contribution in [-0.4, -0.2) is 9.78 Å². The van der Waals surface area contributed by atoms with E-state index < -0.39 is 0 Å². The number of hydrogen-bond donors (Lipinski definition) is 1. The van der Waals surface area contributed by atoms with Crippen LogP contribution >= 0.6 is 0 Å². The summed E-state index contributed by atoms with van der Waals surface area (Å²) in [6.45, 7) is 2.60. The van der Waals surface area contributed by atoms with Crippen molar-refractivity contribution < 1.29 is 0 Å². The quantitative estimate of drug-likeness (QED) is 0.620. The van der Waals surface area contributed by atoms with Crippen LogP contribution in [0.15, 0.2) is 11.4 Å². The fourth-order valence-corrected chi connectivity index (χ4v) is 0.658. The SMILES string of the molecule is CCn1cc(N=O)c(N)n1. The first-order chi connectivity index (χ1) is 4.77. The Bertz CT molecular complexity index is 242. The molecule has 1 aromatic heterocycles. The number of rotatable bonds is 2. The zero-order valence-electron chi connectivity index (χ0n) is 5.61. The highest BCUT2D eigenvalue weighted by Gasteiger charge is 2.02. The molecular weight excluding hydrogens is 132 g/mol. The fourth-order valence-electron chi connectivity index (χ4n) is 0.658. The Morgan fingerprint density at radius 2 is 2.60 bits per heavy atom. The lowest BCUT2D eigenvalue weighted by molar-refractivity contribution is 0.663. The molecule has 0 aliphatic rings. The molecule has 0 spiro atoms. The summed E-state index contributed by atoms with van der Waals surface area (Å²) >= 11 is 0. The maximum atomic E-state index is 9.97. The Hall–Kier alpha value is -1.39. The molecule has 0 aromatic carbocycles. The second-order valence-electron chi connectivity index (χ2n) is 1.85. The fraction of sp³-hybridized carbons (Fsp3) is 0.400. The van der Waals surface area contributed by atoms with Gasteiger partial charge in [0.1, 0.15) is 0 Å². The molecule has 0 radical (unpaired) electrons. The van der Waals surface area contributed by atoms with E-state index in [-0.39, 0.29) is 11.5 Å². The lowest BCUT2D eigenvalue weighted by Crippen LogP contribution is -1.95. The molecule has 0 unspecified atom stereocenters. The molecule has 0 atom stereocenters. The molecule has 10 heavy (non-hydrogen) atoms. The number of hydrogen-bond acceptors (Lipinski definition) is 4. The van der Waals surface area contributed by atoms with E-state index in [2.05, 4.69) is 10.3 Å². The Balaban J connectivity index is 3.03. The predicted octanol–water partition coefficient (Wildman–Crippen LogP) is 0.883. The van der Waals surface area contributed by atoms with Gasteiger partial charge in [-0.25, -0.2) is 0 Å². The maximum Gasteiger partial charge on any atom is 0.175 e. The molecule has 5 heteroatoms. The third-order valence-corrected chi connectivity index (χ3v) is 1.19. The van der Waals surface area contributed by atoms with Crippen molar-refractivity contribution in [1.82, 2.24) is 9.78 Å². The van der Waals surface area contributed by atoms with E-state index in [9.17, 15) is 4.91 Å². The average molecular weight is 140 g/mol. The van der Waals surface area contributed by atoms with Crippen molar-refractivity contribution >= 4 is 11.5 Å². The van der Waals surface area contributed by atoms with Crippen LogP contribution in [0.1, 0.15) is 6.92 Å². The number of nitrogens with zero attached hydrogens (tertiary/aromatic N) is 3. The first kappa shape index (κ1) is 6.73. The number of nitroso groups, excluding NO2 is 1. The van der Waals surface area contributed by atoms with Crippen LogP contribution in [0.2, 0.25) is 0 Å². The summed E-state index contributed by atoms with van der Waals surface area (Å²) in [5, 5.41) is 6.48. The van der Waals surface area contributed by atoms with Gasteiger partial charge in [-0.15, -0.1) is 4.91 Å². The van der Waals surface area contributed by atoms with Crippen LogP contribution in [0.3, 0.4) is 0 Å². The molecule has 2 N–H and O–H groups in total. The van der Waals surface area contributed by atoms with E-state index in [0.717, 1.165) is 0 Å². The Labute approximate surface area is 57.8 Å². The van der Waals surface area contributed by atoms with Crippen molar-refractivity contribution in [3.05, 3.63) is 11.1 Å². The molecule has 0 aliphatic heterocycles. The summed E-state index contributed by atoms with van der Waals surface area (Å²) in [6.07, 6.45) is 1.52. The molecule has 1 rings (SSSR count). The molecule has 54 valence electrons. The van der Waals surface area contributed by atoms with Crippen molar-refractivity contribution in [1.29, 1.82) is 0 Å². The van der Waals surface area contributed by atoms with Crippen LogP contribution < -0.4 is 5.73 Å². The van der Waals surface area contributed by atoms with Gasteiger partial charge in [-0.3, -0.25) is 4.68 Å². The normalized spacial score (nSPS) is 9.70. The van der Waals surface area contributed by atoms with Gasteiger partial charge in [-0.1, -0.05) is 0 Å². The number of anilines is 1. The molecule has 0 saturated carbocycles. The monoisotopic (exact) mass is 140 g/mol. The number of nitrogens with two attached hydrogens (primary N) is 1. The third kappa shape index (κ3) is 0.975. The number of aromatic nitrogens is 2.